The number of aromatic nitrogens is 2. The Morgan fingerprint density at radius 3 is 2.81 bits per heavy atom. The smallest absolute Gasteiger partial charge is 0.341 e. The van der Waals surface area contributed by atoms with Crippen molar-refractivity contribution < 1.29 is 19.1 Å². The number of imidazole rings is 1. The normalized spacial score (nSPS) is 10.7. The second-order valence-corrected chi connectivity index (χ2v) is 8.64. The molecule has 2 aromatic heterocycles. The van der Waals surface area contributed by atoms with Crippen molar-refractivity contribution in [2.24, 2.45) is 5.73 Å². The Kier molecular flexibility index (Phi) is 7.37. The lowest BCUT2D eigenvalue weighted by atomic mass is 10.1. The van der Waals surface area contributed by atoms with E-state index in [4.69, 9.17) is 22.1 Å². The summed E-state index contributed by atoms with van der Waals surface area (Å²) in [6.45, 7) is 3.43. The predicted molar refractivity (Wildman–Crippen MR) is 121 cm³/mol. The van der Waals surface area contributed by atoms with Gasteiger partial charge in [0.05, 0.1) is 22.8 Å². The van der Waals surface area contributed by atoms with E-state index >= 15 is 0 Å². The molecule has 2 heterocycles. The number of halogens is 1. The third-order valence-corrected chi connectivity index (χ3v) is 6.55. The van der Waals surface area contributed by atoms with Gasteiger partial charge in [0, 0.05) is 23.1 Å². The number of ether oxygens (including phenoxy) is 1. The third kappa shape index (κ3) is 5.27. The number of esters is 1. The SMILES string of the molecule is CCOC(=O)c1c(NC(=O)CSc2nccn2-c2cccc(Cl)c2)sc(C(N)=O)c1C. The van der Waals surface area contributed by atoms with Crippen molar-refractivity contribution >= 4 is 57.5 Å². The minimum Gasteiger partial charge on any atom is -0.462 e. The van der Waals surface area contributed by atoms with Crippen molar-refractivity contribution in [3.05, 3.63) is 57.7 Å². The lowest BCUT2D eigenvalue weighted by molar-refractivity contribution is -0.113. The van der Waals surface area contributed by atoms with Crippen LogP contribution in [0.25, 0.3) is 5.69 Å². The second-order valence-electron chi connectivity index (χ2n) is 6.24. The van der Waals surface area contributed by atoms with Gasteiger partial charge < -0.3 is 15.8 Å². The molecule has 0 fully saturated rings. The molecular weight excluding hydrogens is 460 g/mol. The molecule has 0 aliphatic heterocycles. The van der Waals surface area contributed by atoms with Crippen LogP contribution in [0.1, 0.15) is 32.5 Å². The van der Waals surface area contributed by atoms with E-state index in [1.807, 2.05) is 16.7 Å². The van der Waals surface area contributed by atoms with Gasteiger partial charge in [0.1, 0.15) is 5.00 Å². The number of nitrogens with two attached hydrogens (primary N) is 1. The quantitative estimate of drug-likeness (QED) is 0.374. The van der Waals surface area contributed by atoms with Crippen LogP contribution in [0.4, 0.5) is 5.00 Å². The Morgan fingerprint density at radius 2 is 2.13 bits per heavy atom. The molecule has 8 nitrogen and oxygen atoms in total. The van der Waals surface area contributed by atoms with E-state index in [0.29, 0.717) is 15.7 Å². The van der Waals surface area contributed by atoms with Crippen LogP contribution in [0.3, 0.4) is 0 Å². The molecule has 0 aliphatic carbocycles. The number of rotatable bonds is 8. The first kappa shape index (κ1) is 22.9. The molecule has 31 heavy (non-hydrogen) atoms. The zero-order valence-electron chi connectivity index (χ0n) is 16.7. The highest BCUT2D eigenvalue weighted by atomic mass is 35.5. The van der Waals surface area contributed by atoms with Gasteiger partial charge in [-0.1, -0.05) is 29.4 Å². The van der Waals surface area contributed by atoms with Crippen LogP contribution in [0.15, 0.2) is 41.8 Å². The number of nitrogens with one attached hydrogen (secondary N) is 1. The van der Waals surface area contributed by atoms with Gasteiger partial charge in [-0.05, 0) is 37.6 Å². The van der Waals surface area contributed by atoms with E-state index < -0.39 is 11.9 Å². The van der Waals surface area contributed by atoms with Crippen molar-refractivity contribution in [2.75, 3.05) is 17.7 Å². The molecule has 1 aromatic carbocycles. The third-order valence-electron chi connectivity index (χ3n) is 4.13. The Hall–Kier alpha value is -2.82. The van der Waals surface area contributed by atoms with Crippen LogP contribution in [0, 0.1) is 6.92 Å². The maximum atomic E-state index is 12.6. The molecule has 0 aliphatic rings. The van der Waals surface area contributed by atoms with Crippen LogP contribution >= 0.6 is 34.7 Å². The average Bonchev–Trinajstić information content (AvgIpc) is 3.31. The monoisotopic (exact) mass is 478 g/mol. The average molecular weight is 479 g/mol. The number of benzene rings is 1. The van der Waals surface area contributed by atoms with Gasteiger partial charge in [0.15, 0.2) is 5.16 Å². The molecule has 3 rings (SSSR count). The van der Waals surface area contributed by atoms with Gasteiger partial charge in [-0.3, -0.25) is 14.2 Å². The summed E-state index contributed by atoms with van der Waals surface area (Å²) in [5.74, 6) is -1.63. The summed E-state index contributed by atoms with van der Waals surface area (Å²) >= 11 is 8.22. The first-order chi connectivity index (χ1) is 14.8. The molecular formula is C20H19ClN4O4S2. The fourth-order valence-corrected chi connectivity index (χ4v) is 4.82. The number of hydrogen-bond acceptors (Lipinski definition) is 7. The van der Waals surface area contributed by atoms with Crippen molar-refractivity contribution in [2.45, 2.75) is 19.0 Å². The van der Waals surface area contributed by atoms with Crippen LogP contribution in [-0.4, -0.2) is 39.7 Å². The van der Waals surface area contributed by atoms with E-state index in [1.54, 1.807) is 38.4 Å². The van der Waals surface area contributed by atoms with Crippen molar-refractivity contribution in [3.8, 4) is 5.69 Å². The predicted octanol–water partition coefficient (Wildman–Crippen LogP) is 3.90. The number of nitrogens with zero attached hydrogens (tertiary/aromatic N) is 2. The molecule has 162 valence electrons. The Balaban J connectivity index is 1.75. The van der Waals surface area contributed by atoms with E-state index in [-0.39, 0.29) is 33.7 Å². The summed E-state index contributed by atoms with van der Waals surface area (Å²) < 4.78 is 6.87. The first-order valence-electron chi connectivity index (χ1n) is 9.14. The Labute approximate surface area is 191 Å². The topological polar surface area (TPSA) is 116 Å². The number of carbonyl (C=O) groups excluding carboxylic acids is 3. The van der Waals surface area contributed by atoms with Crippen molar-refractivity contribution in [1.29, 1.82) is 0 Å². The van der Waals surface area contributed by atoms with E-state index in [0.717, 1.165) is 17.0 Å². The van der Waals surface area contributed by atoms with Gasteiger partial charge in [0.25, 0.3) is 5.91 Å². The molecule has 0 bridgehead atoms. The fraction of sp³-hybridized carbons (Fsp3) is 0.200. The maximum Gasteiger partial charge on any atom is 0.341 e. The molecule has 0 atom stereocenters. The molecule has 0 saturated carbocycles. The second kappa shape index (κ2) is 9.99. The number of amides is 2. The van der Waals surface area contributed by atoms with Crippen LogP contribution < -0.4 is 11.1 Å². The molecule has 3 aromatic rings. The first-order valence-corrected chi connectivity index (χ1v) is 11.3. The highest BCUT2D eigenvalue weighted by molar-refractivity contribution is 7.99. The number of anilines is 1. The minimum atomic E-state index is -0.675. The largest absolute Gasteiger partial charge is 0.462 e. The molecule has 0 unspecified atom stereocenters. The van der Waals surface area contributed by atoms with Crippen molar-refractivity contribution in [1.82, 2.24) is 9.55 Å². The van der Waals surface area contributed by atoms with Gasteiger partial charge in [-0.25, -0.2) is 9.78 Å². The molecule has 3 N–H and O–H groups in total. The van der Waals surface area contributed by atoms with Crippen LogP contribution in [0.5, 0.6) is 0 Å². The standard InChI is InChI=1S/C20H19ClN4O4S2/c1-3-29-19(28)15-11(2)16(17(22)27)31-18(15)24-14(26)10-30-20-23-7-8-25(20)13-6-4-5-12(21)9-13/h4-9H,3,10H2,1-2H3,(H2,22,27)(H,24,26). The fourth-order valence-electron chi connectivity index (χ4n) is 2.80. The highest BCUT2D eigenvalue weighted by Crippen LogP contribution is 2.34. The molecule has 2 amide bonds. The number of primary amides is 1. The molecule has 0 spiro atoms. The van der Waals surface area contributed by atoms with E-state index in [9.17, 15) is 14.4 Å². The minimum absolute atomic E-state index is 0.0305. The van der Waals surface area contributed by atoms with Gasteiger partial charge in [-0.2, -0.15) is 0 Å². The summed E-state index contributed by atoms with van der Waals surface area (Å²) in [5, 5.41) is 4.11. The van der Waals surface area contributed by atoms with Crippen molar-refractivity contribution in [3.63, 3.8) is 0 Å². The summed E-state index contributed by atoms with van der Waals surface area (Å²) in [5.41, 5.74) is 6.73. The van der Waals surface area contributed by atoms with Crippen LogP contribution in [0.2, 0.25) is 5.02 Å². The lowest BCUT2D eigenvalue weighted by Gasteiger charge is -2.09. The zero-order chi connectivity index (χ0) is 22.5. The summed E-state index contributed by atoms with van der Waals surface area (Å²) in [6, 6.07) is 7.26. The summed E-state index contributed by atoms with van der Waals surface area (Å²) in [7, 11) is 0. The van der Waals surface area contributed by atoms with Crippen LogP contribution in [-0.2, 0) is 9.53 Å². The number of thiophene rings is 1. The van der Waals surface area contributed by atoms with E-state index in [1.165, 1.54) is 11.8 Å². The number of carbonyl (C=O) groups is 3. The molecule has 0 saturated heterocycles. The number of hydrogen-bond donors (Lipinski definition) is 2. The maximum absolute atomic E-state index is 12.6. The lowest BCUT2D eigenvalue weighted by Crippen LogP contribution is -2.17. The van der Waals surface area contributed by atoms with Gasteiger partial charge in [0.2, 0.25) is 5.91 Å². The molecule has 0 radical (unpaired) electrons. The Bertz CT molecular complexity index is 1140. The highest BCUT2D eigenvalue weighted by Gasteiger charge is 2.25. The number of thioether (sulfide) groups is 1. The molecule has 11 heteroatoms. The Morgan fingerprint density at radius 1 is 1.35 bits per heavy atom. The van der Waals surface area contributed by atoms with Gasteiger partial charge >= 0.3 is 5.97 Å². The zero-order valence-corrected chi connectivity index (χ0v) is 19.1. The summed E-state index contributed by atoms with van der Waals surface area (Å²) in [6.07, 6.45) is 3.40. The van der Waals surface area contributed by atoms with E-state index in [2.05, 4.69) is 10.3 Å². The summed E-state index contributed by atoms with van der Waals surface area (Å²) in [4.78, 5) is 41.1. The van der Waals surface area contributed by atoms with Gasteiger partial charge in [-0.15, -0.1) is 11.3 Å².